The number of H-pyrrole nitrogens is 1. The van der Waals surface area contributed by atoms with Gasteiger partial charge in [0.1, 0.15) is 6.33 Å². The highest BCUT2D eigenvalue weighted by atomic mass is 16.5. The van der Waals surface area contributed by atoms with Crippen LogP contribution < -0.4 is 10.6 Å². The minimum Gasteiger partial charge on any atom is -0.378 e. The zero-order valence-electron chi connectivity index (χ0n) is 14.1. The number of carbonyl (C=O) groups is 1. The van der Waals surface area contributed by atoms with Crippen LogP contribution >= 0.6 is 0 Å². The van der Waals surface area contributed by atoms with Crippen LogP contribution in [0.4, 0.5) is 4.79 Å². The summed E-state index contributed by atoms with van der Waals surface area (Å²) < 4.78 is 5.81. The van der Waals surface area contributed by atoms with Gasteiger partial charge in [-0.3, -0.25) is 5.10 Å². The molecule has 0 radical (unpaired) electrons. The summed E-state index contributed by atoms with van der Waals surface area (Å²) in [5.41, 5.74) is 1.97. The zero-order chi connectivity index (χ0) is 17.1. The van der Waals surface area contributed by atoms with E-state index in [9.17, 15) is 4.79 Å². The van der Waals surface area contributed by atoms with Crippen LogP contribution in [0, 0.1) is 5.92 Å². The molecule has 2 aromatic rings. The maximum atomic E-state index is 12.2. The van der Waals surface area contributed by atoms with Crippen LogP contribution in [0.15, 0.2) is 30.6 Å². The minimum absolute atomic E-state index is 0.119. The molecule has 25 heavy (non-hydrogen) atoms. The Morgan fingerprint density at radius 2 is 2.24 bits per heavy atom. The molecule has 2 aliphatic rings. The van der Waals surface area contributed by atoms with Crippen LogP contribution in [0.25, 0.3) is 11.4 Å². The molecule has 2 fully saturated rings. The van der Waals surface area contributed by atoms with Gasteiger partial charge < -0.3 is 15.4 Å². The lowest BCUT2D eigenvalue weighted by atomic mass is 10.0. The number of hydrogen-bond donors (Lipinski definition) is 3. The van der Waals surface area contributed by atoms with Crippen LogP contribution in [0.2, 0.25) is 0 Å². The number of ether oxygens (including phenoxy) is 1. The second-order valence-corrected chi connectivity index (χ2v) is 6.83. The van der Waals surface area contributed by atoms with Gasteiger partial charge in [0.25, 0.3) is 0 Å². The maximum absolute atomic E-state index is 12.2. The Hall–Kier alpha value is -2.41. The Kier molecular flexibility index (Phi) is 4.65. The molecule has 7 heteroatoms. The van der Waals surface area contributed by atoms with Crippen molar-refractivity contribution in [1.29, 1.82) is 0 Å². The smallest absolute Gasteiger partial charge is 0.315 e. The normalized spacial score (nSPS) is 23.2. The second kappa shape index (κ2) is 7.23. The first-order valence-corrected chi connectivity index (χ1v) is 8.88. The van der Waals surface area contributed by atoms with E-state index in [1.165, 1.54) is 19.2 Å². The van der Waals surface area contributed by atoms with Gasteiger partial charge in [-0.05, 0) is 43.2 Å². The van der Waals surface area contributed by atoms with E-state index in [2.05, 4.69) is 25.8 Å². The Labute approximate surface area is 146 Å². The van der Waals surface area contributed by atoms with Crippen LogP contribution in [0.1, 0.15) is 31.2 Å². The Balaban J connectivity index is 1.28. The number of benzene rings is 1. The number of hydrogen-bond acceptors (Lipinski definition) is 4. The monoisotopic (exact) mass is 341 g/mol. The highest BCUT2D eigenvalue weighted by Gasteiger charge is 2.36. The average molecular weight is 341 g/mol. The van der Waals surface area contributed by atoms with E-state index in [-0.39, 0.29) is 12.1 Å². The predicted molar refractivity (Wildman–Crippen MR) is 92.7 cm³/mol. The summed E-state index contributed by atoms with van der Waals surface area (Å²) in [6.07, 6.45) is 6.17. The summed E-state index contributed by atoms with van der Waals surface area (Å²) >= 11 is 0. The molecular formula is C18H23N5O2. The third-order valence-electron chi connectivity index (χ3n) is 4.87. The number of amides is 2. The van der Waals surface area contributed by atoms with Gasteiger partial charge in [0.2, 0.25) is 0 Å². The van der Waals surface area contributed by atoms with Crippen molar-refractivity contribution in [2.24, 2.45) is 5.92 Å². The Bertz CT molecular complexity index is 714. The molecule has 2 amide bonds. The van der Waals surface area contributed by atoms with Gasteiger partial charge >= 0.3 is 6.03 Å². The number of nitrogens with one attached hydrogen (secondary N) is 3. The molecule has 0 spiro atoms. The Morgan fingerprint density at radius 3 is 3.04 bits per heavy atom. The number of aromatic amines is 1. The molecule has 1 aliphatic carbocycles. The van der Waals surface area contributed by atoms with E-state index in [4.69, 9.17) is 4.74 Å². The molecule has 3 N–H and O–H groups in total. The number of aromatic nitrogens is 3. The van der Waals surface area contributed by atoms with Gasteiger partial charge in [-0.2, -0.15) is 5.10 Å². The van der Waals surface area contributed by atoms with Gasteiger partial charge in [0, 0.05) is 24.8 Å². The van der Waals surface area contributed by atoms with Crippen LogP contribution in [-0.2, 0) is 11.3 Å². The van der Waals surface area contributed by atoms with E-state index in [1.54, 1.807) is 0 Å². The second-order valence-electron chi connectivity index (χ2n) is 6.83. The SMILES string of the molecule is O=C(NCc1cccc(-c2ncn[nH]2)c1)N[C@H]1CCO[C@@H](C2CC2)C1. The topological polar surface area (TPSA) is 91.9 Å². The van der Waals surface area contributed by atoms with Crippen molar-refractivity contribution in [2.45, 2.75) is 44.4 Å². The van der Waals surface area contributed by atoms with Gasteiger partial charge in [-0.25, -0.2) is 9.78 Å². The highest BCUT2D eigenvalue weighted by molar-refractivity contribution is 5.74. The maximum Gasteiger partial charge on any atom is 0.315 e. The molecule has 7 nitrogen and oxygen atoms in total. The summed E-state index contributed by atoms with van der Waals surface area (Å²) in [5.74, 6) is 1.44. The number of rotatable bonds is 5. The van der Waals surface area contributed by atoms with Crippen molar-refractivity contribution in [2.75, 3.05) is 6.61 Å². The summed E-state index contributed by atoms with van der Waals surface area (Å²) in [4.78, 5) is 16.3. The number of carbonyl (C=O) groups excluding carboxylic acids is 1. The first-order chi connectivity index (χ1) is 12.3. The van der Waals surface area contributed by atoms with E-state index < -0.39 is 0 Å². The molecule has 1 aromatic heterocycles. The van der Waals surface area contributed by atoms with Crippen molar-refractivity contribution in [1.82, 2.24) is 25.8 Å². The molecule has 1 saturated heterocycles. The van der Waals surface area contributed by atoms with Crippen molar-refractivity contribution in [3.05, 3.63) is 36.2 Å². The van der Waals surface area contributed by atoms with E-state index in [0.29, 0.717) is 18.6 Å². The van der Waals surface area contributed by atoms with Gasteiger partial charge in [0.05, 0.1) is 6.10 Å². The summed E-state index contributed by atoms with van der Waals surface area (Å²) in [6, 6.07) is 7.98. The van der Waals surface area contributed by atoms with Crippen LogP contribution in [-0.4, -0.2) is 40.0 Å². The van der Waals surface area contributed by atoms with Crippen molar-refractivity contribution < 1.29 is 9.53 Å². The fourth-order valence-corrected chi connectivity index (χ4v) is 3.35. The molecular weight excluding hydrogens is 318 g/mol. The number of urea groups is 1. The fourth-order valence-electron chi connectivity index (χ4n) is 3.35. The summed E-state index contributed by atoms with van der Waals surface area (Å²) in [6.45, 7) is 1.22. The highest BCUT2D eigenvalue weighted by Crippen LogP contribution is 2.38. The molecule has 1 aliphatic heterocycles. The fraction of sp³-hybridized carbons (Fsp3) is 0.500. The lowest BCUT2D eigenvalue weighted by Crippen LogP contribution is -2.46. The predicted octanol–water partition coefficient (Wildman–Crippen LogP) is 2.23. The van der Waals surface area contributed by atoms with Gasteiger partial charge in [-0.1, -0.05) is 18.2 Å². The first-order valence-electron chi connectivity index (χ1n) is 8.88. The van der Waals surface area contributed by atoms with Crippen molar-refractivity contribution >= 4 is 6.03 Å². The van der Waals surface area contributed by atoms with E-state index in [0.717, 1.165) is 36.4 Å². The standard InChI is InChI=1S/C18H23N5O2/c24-18(22-15-6-7-25-16(9-15)13-4-5-13)19-10-12-2-1-3-14(8-12)17-20-11-21-23-17/h1-3,8,11,13,15-16H,4-7,9-10H2,(H2,19,22,24)(H,20,21,23)/t15-,16+/m0/s1. The summed E-state index contributed by atoms with van der Waals surface area (Å²) in [5, 5.41) is 12.7. The lowest BCUT2D eigenvalue weighted by molar-refractivity contribution is -0.00914. The average Bonchev–Trinajstić information content (AvgIpc) is 3.35. The van der Waals surface area contributed by atoms with Crippen LogP contribution in [0.3, 0.4) is 0 Å². The molecule has 0 unspecified atom stereocenters. The molecule has 132 valence electrons. The van der Waals surface area contributed by atoms with Crippen molar-refractivity contribution in [3.8, 4) is 11.4 Å². The van der Waals surface area contributed by atoms with Crippen molar-refractivity contribution in [3.63, 3.8) is 0 Å². The lowest BCUT2D eigenvalue weighted by Gasteiger charge is -2.30. The molecule has 1 saturated carbocycles. The third-order valence-corrected chi connectivity index (χ3v) is 4.87. The molecule has 2 heterocycles. The third kappa shape index (κ3) is 4.17. The first kappa shape index (κ1) is 16.1. The number of nitrogens with zero attached hydrogens (tertiary/aromatic N) is 2. The van der Waals surface area contributed by atoms with E-state index in [1.807, 2.05) is 24.3 Å². The minimum atomic E-state index is -0.119. The quantitative estimate of drug-likeness (QED) is 0.778. The Morgan fingerprint density at radius 1 is 1.32 bits per heavy atom. The van der Waals surface area contributed by atoms with Gasteiger partial charge in [0.15, 0.2) is 5.82 Å². The molecule has 2 atom stereocenters. The molecule has 4 rings (SSSR count). The largest absolute Gasteiger partial charge is 0.378 e. The van der Waals surface area contributed by atoms with Gasteiger partial charge in [-0.15, -0.1) is 0 Å². The zero-order valence-corrected chi connectivity index (χ0v) is 14.1. The summed E-state index contributed by atoms with van der Waals surface area (Å²) in [7, 11) is 0. The van der Waals surface area contributed by atoms with E-state index >= 15 is 0 Å². The van der Waals surface area contributed by atoms with Crippen LogP contribution in [0.5, 0.6) is 0 Å². The molecule has 1 aromatic carbocycles. The molecule has 0 bridgehead atoms.